The first-order valence-electron chi connectivity index (χ1n) is 4.96. The zero-order valence-electron chi connectivity index (χ0n) is 10.3. The largest absolute Gasteiger partial charge is 0.460 e. The van der Waals surface area contributed by atoms with E-state index in [1.165, 1.54) is 20.0 Å². The highest BCUT2D eigenvalue weighted by Gasteiger charge is 2.81. The summed E-state index contributed by atoms with van der Waals surface area (Å²) in [6, 6.07) is 0. The first-order valence-corrected chi connectivity index (χ1v) is 8.28. The number of hydrogen-bond acceptors (Lipinski definition) is 0. The molecule has 0 aliphatic rings. The van der Waals surface area contributed by atoms with Crippen molar-refractivity contribution in [1.82, 2.24) is 0 Å². The Bertz CT molecular complexity index is 313. The molecule has 0 bridgehead atoms. The Kier molecular flexibility index (Phi) is 4.92. The lowest BCUT2D eigenvalue weighted by molar-refractivity contribution is -0.396. The maximum Gasteiger partial charge on any atom is 0.460 e. The highest BCUT2D eigenvalue weighted by molar-refractivity contribution is 7.73. The molecule has 0 aliphatic carbocycles. The standard InChI is InChI=1S/C9H13F9P/c1-19(2,3)5-4-6(10,11)7(12,13)8(14,15)9(16,17)18/h4-5H2,1-3H3/q+1. The first-order chi connectivity index (χ1) is 7.96. The van der Waals surface area contributed by atoms with Gasteiger partial charge in [0.05, 0.1) is 12.6 Å². The molecule has 0 atom stereocenters. The van der Waals surface area contributed by atoms with Crippen LogP contribution in [0.1, 0.15) is 6.42 Å². The minimum Gasteiger partial charge on any atom is -0.199 e. The van der Waals surface area contributed by atoms with Crippen molar-refractivity contribution in [2.45, 2.75) is 30.4 Å². The Balaban J connectivity index is 5.28. The van der Waals surface area contributed by atoms with Crippen LogP contribution in [0.3, 0.4) is 0 Å². The highest BCUT2D eigenvalue weighted by atomic mass is 31.2. The van der Waals surface area contributed by atoms with Gasteiger partial charge in [0.15, 0.2) is 0 Å². The third-order valence-corrected chi connectivity index (χ3v) is 3.87. The monoisotopic (exact) mass is 323 g/mol. The molecule has 0 fully saturated rings. The highest BCUT2D eigenvalue weighted by Crippen LogP contribution is 2.56. The molecule has 0 aromatic rings. The van der Waals surface area contributed by atoms with Crippen molar-refractivity contribution in [1.29, 1.82) is 0 Å². The molecular formula is C9H13F9P+. The van der Waals surface area contributed by atoms with Crippen LogP contribution >= 0.6 is 7.26 Å². The van der Waals surface area contributed by atoms with E-state index in [0.29, 0.717) is 0 Å². The summed E-state index contributed by atoms with van der Waals surface area (Å²) in [5.74, 6) is -18.7. The zero-order chi connectivity index (χ0) is 15.9. The van der Waals surface area contributed by atoms with Crippen LogP contribution in [-0.4, -0.2) is 50.1 Å². The molecule has 0 unspecified atom stereocenters. The smallest absolute Gasteiger partial charge is 0.199 e. The second-order valence-corrected chi connectivity index (χ2v) is 10.1. The second kappa shape index (κ2) is 4.97. The Labute approximate surface area is 104 Å². The predicted molar refractivity (Wildman–Crippen MR) is 55.1 cm³/mol. The molecule has 0 nitrogen and oxygen atoms in total. The number of halogens is 9. The summed E-state index contributed by atoms with van der Waals surface area (Å²) in [6.45, 7) is 4.43. The van der Waals surface area contributed by atoms with Gasteiger partial charge in [0, 0.05) is 27.3 Å². The van der Waals surface area contributed by atoms with E-state index in [9.17, 15) is 39.5 Å². The Morgan fingerprint density at radius 2 is 1.05 bits per heavy atom. The SMILES string of the molecule is C[P+](C)(C)CCC(F)(F)C(F)(F)C(F)(F)C(F)(F)F. The molecule has 0 rings (SSSR count). The third kappa shape index (κ3) is 3.89. The quantitative estimate of drug-likeness (QED) is 0.506. The molecule has 0 N–H and O–H groups in total. The lowest BCUT2D eigenvalue weighted by atomic mass is 10.0. The molecule has 0 aromatic carbocycles. The van der Waals surface area contributed by atoms with Crippen LogP contribution in [0.15, 0.2) is 0 Å². The topological polar surface area (TPSA) is 0 Å². The van der Waals surface area contributed by atoms with Crippen molar-refractivity contribution in [3.63, 3.8) is 0 Å². The van der Waals surface area contributed by atoms with Gasteiger partial charge < -0.3 is 0 Å². The Morgan fingerprint density at radius 3 is 1.32 bits per heavy atom. The van der Waals surface area contributed by atoms with E-state index in [0.717, 1.165) is 0 Å². The summed E-state index contributed by atoms with van der Waals surface area (Å²) in [6.07, 6.45) is -8.98. The van der Waals surface area contributed by atoms with Crippen LogP contribution in [0, 0.1) is 0 Å². The molecule has 19 heavy (non-hydrogen) atoms. The maximum atomic E-state index is 13.0. The average Bonchev–Trinajstić information content (AvgIpc) is 2.11. The first kappa shape index (κ1) is 18.8. The Hall–Kier alpha value is -0.200. The minimum atomic E-state index is -6.78. The molecule has 0 spiro atoms. The number of alkyl halides is 9. The number of hydrogen-bond donors (Lipinski definition) is 0. The van der Waals surface area contributed by atoms with Gasteiger partial charge >= 0.3 is 23.9 Å². The molecular weight excluding hydrogens is 310 g/mol. The second-order valence-electron chi connectivity index (χ2n) is 5.11. The van der Waals surface area contributed by atoms with Crippen LogP contribution in [0.5, 0.6) is 0 Å². The van der Waals surface area contributed by atoms with Crippen molar-refractivity contribution < 1.29 is 39.5 Å². The molecule has 0 aromatic heterocycles. The van der Waals surface area contributed by atoms with Crippen molar-refractivity contribution in [2.75, 3.05) is 26.2 Å². The number of rotatable bonds is 5. The molecule has 0 radical (unpaired) electrons. The van der Waals surface area contributed by atoms with Gasteiger partial charge in [0.2, 0.25) is 0 Å². The van der Waals surface area contributed by atoms with Gasteiger partial charge in [-0.1, -0.05) is 0 Å². The Morgan fingerprint density at radius 1 is 0.684 bits per heavy atom. The third-order valence-electron chi connectivity index (χ3n) is 2.31. The summed E-state index contributed by atoms with van der Waals surface area (Å²) < 4.78 is 112. The zero-order valence-corrected chi connectivity index (χ0v) is 11.2. The van der Waals surface area contributed by atoms with Crippen LogP contribution in [0.4, 0.5) is 39.5 Å². The van der Waals surface area contributed by atoms with E-state index in [-0.39, 0.29) is 0 Å². The fourth-order valence-electron chi connectivity index (χ4n) is 1.04. The molecule has 0 heterocycles. The van der Waals surface area contributed by atoms with Gasteiger partial charge in [-0.25, -0.2) is 0 Å². The fourth-order valence-corrected chi connectivity index (χ4v) is 1.99. The average molecular weight is 323 g/mol. The van der Waals surface area contributed by atoms with Gasteiger partial charge in [-0.2, -0.15) is 39.5 Å². The summed E-state index contributed by atoms with van der Waals surface area (Å²) in [7, 11) is -2.01. The van der Waals surface area contributed by atoms with E-state index in [1.807, 2.05) is 0 Å². The maximum absolute atomic E-state index is 13.0. The van der Waals surface area contributed by atoms with Gasteiger partial charge in [-0.15, -0.1) is 0 Å². The van der Waals surface area contributed by atoms with Gasteiger partial charge in [-0.05, 0) is 0 Å². The van der Waals surface area contributed by atoms with E-state index < -0.39 is 43.8 Å². The molecule has 0 amide bonds. The molecule has 116 valence electrons. The molecule has 0 saturated carbocycles. The summed E-state index contributed by atoms with van der Waals surface area (Å²) in [5.41, 5.74) is 0. The van der Waals surface area contributed by atoms with Crippen molar-refractivity contribution in [3.05, 3.63) is 0 Å². The van der Waals surface area contributed by atoms with E-state index >= 15 is 0 Å². The van der Waals surface area contributed by atoms with E-state index in [1.54, 1.807) is 0 Å². The van der Waals surface area contributed by atoms with Crippen molar-refractivity contribution >= 4 is 7.26 Å². The van der Waals surface area contributed by atoms with Gasteiger partial charge in [-0.3, -0.25) is 0 Å². The minimum absolute atomic E-state index is 0.524. The predicted octanol–water partition coefficient (Wildman–Crippen LogP) is 4.75. The van der Waals surface area contributed by atoms with Crippen LogP contribution in [-0.2, 0) is 0 Å². The van der Waals surface area contributed by atoms with Crippen LogP contribution in [0.25, 0.3) is 0 Å². The molecule has 0 saturated heterocycles. The fraction of sp³-hybridized carbons (Fsp3) is 1.00. The van der Waals surface area contributed by atoms with E-state index in [4.69, 9.17) is 0 Å². The summed E-state index contributed by atoms with van der Waals surface area (Å²) in [4.78, 5) is 0. The molecule has 10 heteroatoms. The van der Waals surface area contributed by atoms with Crippen molar-refractivity contribution in [2.24, 2.45) is 0 Å². The van der Waals surface area contributed by atoms with E-state index in [2.05, 4.69) is 0 Å². The van der Waals surface area contributed by atoms with Crippen LogP contribution in [0.2, 0.25) is 0 Å². The molecule has 0 aliphatic heterocycles. The summed E-state index contributed by atoms with van der Waals surface area (Å²) >= 11 is 0. The normalized spacial score (nSPS) is 15.8. The van der Waals surface area contributed by atoms with Crippen molar-refractivity contribution in [3.8, 4) is 0 Å². The lowest BCUT2D eigenvalue weighted by Gasteiger charge is -2.33. The van der Waals surface area contributed by atoms with Crippen LogP contribution < -0.4 is 0 Å². The van der Waals surface area contributed by atoms with Gasteiger partial charge in [0.25, 0.3) is 0 Å². The summed E-state index contributed by atoms with van der Waals surface area (Å²) in [5, 5.41) is 0. The lowest BCUT2D eigenvalue weighted by Crippen LogP contribution is -2.61. The van der Waals surface area contributed by atoms with Gasteiger partial charge in [0.1, 0.15) is 0 Å².